The minimum Gasteiger partial charge on any atom is -0.381 e. The highest BCUT2D eigenvalue weighted by Gasteiger charge is 2.57. The third-order valence-electron chi connectivity index (χ3n) is 4.57. The van der Waals surface area contributed by atoms with E-state index in [1.54, 1.807) is 12.1 Å². The van der Waals surface area contributed by atoms with E-state index in [4.69, 9.17) is 16.3 Å². The second-order valence-corrected chi connectivity index (χ2v) is 6.58. The summed E-state index contributed by atoms with van der Waals surface area (Å²) >= 11 is 5.83. The Balaban J connectivity index is 1.77. The van der Waals surface area contributed by atoms with Gasteiger partial charge in [-0.15, -0.1) is 0 Å². The van der Waals surface area contributed by atoms with Crippen LogP contribution in [0.3, 0.4) is 0 Å². The van der Waals surface area contributed by atoms with Gasteiger partial charge in [0.1, 0.15) is 5.82 Å². The van der Waals surface area contributed by atoms with Crippen molar-refractivity contribution in [3.63, 3.8) is 0 Å². The van der Waals surface area contributed by atoms with E-state index < -0.39 is 0 Å². The maximum Gasteiger partial charge on any atom is 0.141 e. The number of hydrogen-bond donors (Lipinski definition) is 1. The fourth-order valence-electron chi connectivity index (χ4n) is 3.58. The number of nitrogens with one attached hydrogen (secondary N) is 1. The van der Waals surface area contributed by atoms with Gasteiger partial charge in [-0.3, -0.25) is 0 Å². The van der Waals surface area contributed by atoms with Gasteiger partial charge in [0.25, 0.3) is 0 Å². The molecule has 3 unspecified atom stereocenters. The van der Waals surface area contributed by atoms with E-state index in [1.165, 1.54) is 12.5 Å². The molecule has 4 heteroatoms. The molecular weight excluding hydrogens is 265 g/mol. The smallest absolute Gasteiger partial charge is 0.141 e. The van der Waals surface area contributed by atoms with Crippen molar-refractivity contribution in [3.8, 4) is 0 Å². The van der Waals surface area contributed by atoms with Gasteiger partial charge >= 0.3 is 0 Å². The van der Waals surface area contributed by atoms with Crippen molar-refractivity contribution in [3.05, 3.63) is 29.0 Å². The number of halogens is 2. The van der Waals surface area contributed by atoms with Gasteiger partial charge in [-0.2, -0.15) is 0 Å². The van der Waals surface area contributed by atoms with Gasteiger partial charge in [-0.1, -0.05) is 25.4 Å². The first-order valence-electron chi connectivity index (χ1n) is 6.83. The first-order valence-corrected chi connectivity index (χ1v) is 7.21. The van der Waals surface area contributed by atoms with Crippen LogP contribution in [0.1, 0.15) is 26.7 Å². The van der Waals surface area contributed by atoms with Crippen molar-refractivity contribution in [1.82, 2.24) is 0 Å². The average Bonchev–Trinajstić information content (AvgIpc) is 2.40. The van der Waals surface area contributed by atoms with Crippen molar-refractivity contribution < 1.29 is 9.13 Å². The first-order chi connectivity index (χ1) is 9.00. The lowest BCUT2D eigenvalue weighted by molar-refractivity contribution is -0.177. The topological polar surface area (TPSA) is 21.3 Å². The van der Waals surface area contributed by atoms with E-state index in [-0.39, 0.29) is 16.3 Å². The van der Waals surface area contributed by atoms with E-state index in [0.717, 1.165) is 18.7 Å². The van der Waals surface area contributed by atoms with Crippen molar-refractivity contribution in [2.75, 3.05) is 11.9 Å². The molecule has 1 saturated heterocycles. The minimum absolute atomic E-state index is 0.103. The van der Waals surface area contributed by atoms with E-state index in [1.807, 2.05) is 0 Å². The zero-order chi connectivity index (χ0) is 13.6. The standard InChI is InChI=1S/C15H19ClFNO/c1-15(2)13(10-4-3-7-19-14(10)15)18-9-5-6-12(17)11(16)8-9/h5-6,8,10,13-14,18H,3-4,7H2,1-2H3. The molecule has 1 aromatic rings. The lowest BCUT2D eigenvalue weighted by Crippen LogP contribution is -2.67. The fraction of sp³-hybridized carbons (Fsp3) is 0.600. The van der Waals surface area contributed by atoms with E-state index in [9.17, 15) is 4.39 Å². The summed E-state index contributed by atoms with van der Waals surface area (Å²) in [5, 5.41) is 3.67. The summed E-state index contributed by atoms with van der Waals surface area (Å²) in [5.74, 6) is 0.173. The number of rotatable bonds is 2. The Morgan fingerprint density at radius 3 is 2.95 bits per heavy atom. The summed E-state index contributed by atoms with van der Waals surface area (Å²) in [7, 11) is 0. The van der Waals surface area contributed by atoms with Crippen LogP contribution >= 0.6 is 11.6 Å². The molecule has 0 radical (unpaired) electrons. The number of fused-ring (bicyclic) bond motifs is 1. The molecule has 1 N–H and O–H groups in total. The SMILES string of the molecule is CC1(C)C(Nc2ccc(F)c(Cl)c2)C2CCCOC21. The van der Waals surface area contributed by atoms with Crippen LogP contribution in [0.4, 0.5) is 10.1 Å². The maximum absolute atomic E-state index is 13.2. The molecule has 0 bridgehead atoms. The molecule has 2 aliphatic rings. The fourth-order valence-corrected chi connectivity index (χ4v) is 3.76. The normalized spacial score (nSPS) is 32.3. The molecule has 0 aromatic heterocycles. The highest BCUT2D eigenvalue weighted by Crippen LogP contribution is 2.52. The first kappa shape index (κ1) is 13.2. The molecule has 1 saturated carbocycles. The zero-order valence-electron chi connectivity index (χ0n) is 11.2. The highest BCUT2D eigenvalue weighted by molar-refractivity contribution is 6.31. The quantitative estimate of drug-likeness (QED) is 0.882. The molecule has 3 rings (SSSR count). The summed E-state index contributed by atoms with van der Waals surface area (Å²) < 4.78 is 19.0. The average molecular weight is 284 g/mol. The Kier molecular flexibility index (Phi) is 3.22. The molecule has 1 aromatic carbocycles. The van der Waals surface area contributed by atoms with Gasteiger partial charge in [0.05, 0.1) is 11.1 Å². The largest absolute Gasteiger partial charge is 0.381 e. The number of ether oxygens (including phenoxy) is 1. The molecule has 2 fully saturated rings. The van der Waals surface area contributed by atoms with Crippen LogP contribution in [-0.4, -0.2) is 18.8 Å². The number of hydrogen-bond acceptors (Lipinski definition) is 2. The van der Waals surface area contributed by atoms with Crippen LogP contribution in [0.5, 0.6) is 0 Å². The van der Waals surface area contributed by atoms with Crippen molar-refractivity contribution in [2.24, 2.45) is 11.3 Å². The molecule has 1 aliphatic heterocycles. The van der Waals surface area contributed by atoms with E-state index in [0.29, 0.717) is 18.1 Å². The Morgan fingerprint density at radius 2 is 2.21 bits per heavy atom. The Bertz CT molecular complexity index is 491. The van der Waals surface area contributed by atoms with Gasteiger partial charge in [0.2, 0.25) is 0 Å². The second-order valence-electron chi connectivity index (χ2n) is 6.17. The molecule has 0 spiro atoms. The van der Waals surface area contributed by atoms with E-state index >= 15 is 0 Å². The second kappa shape index (κ2) is 4.64. The van der Waals surface area contributed by atoms with Crippen molar-refractivity contribution in [1.29, 1.82) is 0 Å². The lowest BCUT2D eigenvalue weighted by atomic mass is 9.55. The Labute approximate surface area is 118 Å². The van der Waals surface area contributed by atoms with Crippen molar-refractivity contribution in [2.45, 2.75) is 38.8 Å². The Morgan fingerprint density at radius 1 is 1.42 bits per heavy atom. The number of benzene rings is 1. The summed E-state index contributed by atoms with van der Waals surface area (Å²) in [4.78, 5) is 0. The zero-order valence-corrected chi connectivity index (χ0v) is 12.0. The van der Waals surface area contributed by atoms with Gasteiger partial charge in [0.15, 0.2) is 0 Å². The predicted octanol–water partition coefficient (Wildman–Crippen LogP) is 4.09. The van der Waals surface area contributed by atoms with Gasteiger partial charge < -0.3 is 10.1 Å². The summed E-state index contributed by atoms with van der Waals surface area (Å²) in [6, 6.07) is 5.17. The van der Waals surface area contributed by atoms with Crippen LogP contribution in [0.2, 0.25) is 5.02 Å². The summed E-state index contributed by atoms with van der Waals surface area (Å²) in [6.45, 7) is 5.32. The lowest BCUT2D eigenvalue weighted by Gasteiger charge is -2.60. The molecule has 1 heterocycles. The molecular formula is C15H19ClFNO. The molecule has 1 aliphatic carbocycles. The van der Waals surface area contributed by atoms with Gasteiger partial charge in [-0.05, 0) is 31.0 Å². The maximum atomic E-state index is 13.2. The predicted molar refractivity (Wildman–Crippen MR) is 75.1 cm³/mol. The summed E-state index contributed by atoms with van der Waals surface area (Å²) in [5.41, 5.74) is 0.986. The number of anilines is 1. The van der Waals surface area contributed by atoms with Crippen LogP contribution < -0.4 is 5.32 Å². The molecule has 2 nitrogen and oxygen atoms in total. The van der Waals surface area contributed by atoms with Crippen LogP contribution in [0, 0.1) is 17.2 Å². The van der Waals surface area contributed by atoms with Crippen LogP contribution in [0.15, 0.2) is 18.2 Å². The van der Waals surface area contributed by atoms with E-state index in [2.05, 4.69) is 19.2 Å². The van der Waals surface area contributed by atoms with Gasteiger partial charge in [0, 0.05) is 29.7 Å². The molecule has 3 atom stereocenters. The molecule has 104 valence electrons. The highest BCUT2D eigenvalue weighted by atomic mass is 35.5. The summed E-state index contributed by atoms with van der Waals surface area (Å²) in [6.07, 6.45) is 2.66. The monoisotopic (exact) mass is 283 g/mol. The molecule has 0 amide bonds. The third kappa shape index (κ3) is 2.13. The van der Waals surface area contributed by atoms with Crippen molar-refractivity contribution >= 4 is 17.3 Å². The van der Waals surface area contributed by atoms with Crippen LogP contribution in [-0.2, 0) is 4.74 Å². The third-order valence-corrected chi connectivity index (χ3v) is 4.86. The van der Waals surface area contributed by atoms with Crippen LogP contribution in [0.25, 0.3) is 0 Å². The van der Waals surface area contributed by atoms with Gasteiger partial charge in [-0.25, -0.2) is 4.39 Å². The molecule has 19 heavy (non-hydrogen) atoms. The Hall–Kier alpha value is -0.800. The minimum atomic E-state index is -0.376.